The number of halogens is 1. The van der Waals surface area contributed by atoms with E-state index in [0.29, 0.717) is 0 Å². The Morgan fingerprint density at radius 3 is 2.95 bits per heavy atom. The molecule has 1 atom stereocenters. The van der Waals surface area contributed by atoms with Crippen molar-refractivity contribution < 1.29 is 9.53 Å². The molecule has 1 aromatic rings. The van der Waals surface area contributed by atoms with E-state index in [-0.39, 0.29) is 11.9 Å². The minimum absolute atomic E-state index is 0.0513. The number of hydrogen-bond acceptors (Lipinski definition) is 3. The number of methoxy groups -OCH3 is 1. The van der Waals surface area contributed by atoms with Gasteiger partial charge < -0.3 is 15.0 Å². The first-order chi connectivity index (χ1) is 9.67. The molecule has 1 saturated heterocycles. The molecule has 1 fully saturated rings. The number of anilines is 1. The number of piperidine rings is 1. The highest BCUT2D eigenvalue weighted by atomic mass is 79.9. The molecule has 1 aliphatic rings. The van der Waals surface area contributed by atoms with Crippen LogP contribution in [0.25, 0.3) is 0 Å². The molecule has 1 aliphatic heterocycles. The van der Waals surface area contributed by atoms with E-state index in [1.165, 1.54) is 0 Å². The number of ether oxygens (including phenoxy) is 1. The first kappa shape index (κ1) is 15.3. The molecule has 20 heavy (non-hydrogen) atoms. The summed E-state index contributed by atoms with van der Waals surface area (Å²) < 4.78 is 6.10. The Kier molecular flexibility index (Phi) is 5.43. The summed E-state index contributed by atoms with van der Waals surface area (Å²) in [6.45, 7) is 3.77. The molecule has 1 aromatic carbocycles. The maximum Gasteiger partial charge on any atom is 0.244 e. The van der Waals surface area contributed by atoms with Crippen LogP contribution < -0.4 is 15.0 Å². The van der Waals surface area contributed by atoms with Gasteiger partial charge in [0.25, 0.3) is 0 Å². The predicted molar refractivity (Wildman–Crippen MR) is 84.4 cm³/mol. The lowest BCUT2D eigenvalue weighted by atomic mass is 10.0. The number of rotatable bonds is 5. The number of carbonyl (C=O) groups excluding carboxylic acids is 1. The van der Waals surface area contributed by atoms with Crippen LogP contribution in [0.1, 0.15) is 26.2 Å². The zero-order valence-electron chi connectivity index (χ0n) is 12.0. The number of amides is 1. The monoisotopic (exact) mass is 340 g/mol. The lowest BCUT2D eigenvalue weighted by Gasteiger charge is -2.33. The molecule has 5 heteroatoms. The highest BCUT2D eigenvalue weighted by Gasteiger charge is 2.29. The summed E-state index contributed by atoms with van der Waals surface area (Å²) in [5, 5.41) is 3.33. The molecule has 1 N–H and O–H groups in total. The van der Waals surface area contributed by atoms with Crippen molar-refractivity contribution in [1.29, 1.82) is 0 Å². The second-order valence-corrected chi connectivity index (χ2v) is 5.81. The van der Waals surface area contributed by atoms with Crippen LogP contribution in [0.4, 0.5) is 5.69 Å². The topological polar surface area (TPSA) is 41.6 Å². The normalized spacial score (nSPS) is 19.2. The Hall–Kier alpha value is -1.07. The molecule has 1 heterocycles. The molecule has 4 nitrogen and oxygen atoms in total. The number of carbonyl (C=O) groups is 1. The van der Waals surface area contributed by atoms with Crippen molar-refractivity contribution in [2.75, 3.05) is 25.1 Å². The van der Waals surface area contributed by atoms with E-state index in [4.69, 9.17) is 4.74 Å². The van der Waals surface area contributed by atoms with Crippen molar-refractivity contribution in [3.05, 3.63) is 22.7 Å². The van der Waals surface area contributed by atoms with E-state index in [0.717, 1.165) is 48.3 Å². The summed E-state index contributed by atoms with van der Waals surface area (Å²) >= 11 is 3.47. The van der Waals surface area contributed by atoms with Gasteiger partial charge in [0.15, 0.2) is 0 Å². The summed E-state index contributed by atoms with van der Waals surface area (Å²) in [4.78, 5) is 14.4. The average molecular weight is 341 g/mol. The van der Waals surface area contributed by atoms with Gasteiger partial charge in [-0.15, -0.1) is 0 Å². The van der Waals surface area contributed by atoms with Crippen molar-refractivity contribution >= 4 is 27.5 Å². The third-order valence-electron chi connectivity index (χ3n) is 3.53. The van der Waals surface area contributed by atoms with Gasteiger partial charge >= 0.3 is 0 Å². The minimum Gasteiger partial charge on any atom is -0.496 e. The van der Waals surface area contributed by atoms with Gasteiger partial charge in [-0.05, 0) is 59.9 Å². The Bertz CT molecular complexity index is 479. The van der Waals surface area contributed by atoms with Crippen LogP contribution in [0, 0.1) is 0 Å². The maximum absolute atomic E-state index is 12.5. The van der Waals surface area contributed by atoms with E-state index in [1.54, 1.807) is 7.11 Å². The van der Waals surface area contributed by atoms with Gasteiger partial charge in [0.2, 0.25) is 5.91 Å². The van der Waals surface area contributed by atoms with Gasteiger partial charge in [0, 0.05) is 12.2 Å². The first-order valence-electron chi connectivity index (χ1n) is 7.05. The van der Waals surface area contributed by atoms with Gasteiger partial charge in [-0.2, -0.15) is 0 Å². The van der Waals surface area contributed by atoms with Crippen LogP contribution in [0.5, 0.6) is 5.75 Å². The molecular formula is C15H21BrN2O2. The highest BCUT2D eigenvalue weighted by molar-refractivity contribution is 9.10. The van der Waals surface area contributed by atoms with Crippen molar-refractivity contribution in [2.24, 2.45) is 0 Å². The smallest absolute Gasteiger partial charge is 0.244 e. The Balaban J connectivity index is 2.14. The molecule has 110 valence electrons. The van der Waals surface area contributed by atoms with Crippen molar-refractivity contribution in [3.8, 4) is 5.75 Å². The molecule has 2 rings (SSSR count). The van der Waals surface area contributed by atoms with Crippen molar-refractivity contribution in [3.63, 3.8) is 0 Å². The molecule has 0 spiro atoms. The average Bonchev–Trinajstić information content (AvgIpc) is 2.46. The third-order valence-corrected chi connectivity index (χ3v) is 4.15. The number of hydrogen-bond donors (Lipinski definition) is 1. The second kappa shape index (κ2) is 7.09. The minimum atomic E-state index is -0.0513. The second-order valence-electron chi connectivity index (χ2n) is 4.96. The first-order valence-corrected chi connectivity index (χ1v) is 7.85. The Morgan fingerprint density at radius 2 is 2.30 bits per heavy atom. The quantitative estimate of drug-likeness (QED) is 0.895. The molecule has 0 bridgehead atoms. The number of nitrogens with one attached hydrogen (secondary N) is 1. The summed E-state index contributed by atoms with van der Waals surface area (Å²) in [5.74, 6) is 0.945. The molecule has 0 aromatic heterocycles. The summed E-state index contributed by atoms with van der Waals surface area (Å²) in [7, 11) is 1.64. The van der Waals surface area contributed by atoms with E-state index in [9.17, 15) is 4.79 Å². The molecule has 0 aliphatic carbocycles. The van der Waals surface area contributed by atoms with Crippen molar-refractivity contribution in [2.45, 2.75) is 32.2 Å². The molecule has 1 unspecified atom stereocenters. The molecular weight excluding hydrogens is 320 g/mol. The summed E-state index contributed by atoms with van der Waals surface area (Å²) in [6.07, 6.45) is 2.99. The van der Waals surface area contributed by atoms with Crippen LogP contribution >= 0.6 is 15.9 Å². The molecule has 1 amide bonds. The van der Waals surface area contributed by atoms with Gasteiger partial charge in [0.1, 0.15) is 5.75 Å². The maximum atomic E-state index is 12.5. The van der Waals surface area contributed by atoms with Crippen LogP contribution in [0.2, 0.25) is 0 Å². The van der Waals surface area contributed by atoms with Crippen LogP contribution in [-0.4, -0.2) is 32.1 Å². The van der Waals surface area contributed by atoms with E-state index >= 15 is 0 Å². The Morgan fingerprint density at radius 1 is 1.50 bits per heavy atom. The van der Waals surface area contributed by atoms with Gasteiger partial charge in [-0.3, -0.25) is 4.79 Å². The summed E-state index contributed by atoms with van der Waals surface area (Å²) in [5.41, 5.74) is 0.922. The molecule has 0 radical (unpaired) electrons. The number of nitrogens with zero attached hydrogens (tertiary/aromatic N) is 1. The van der Waals surface area contributed by atoms with Crippen LogP contribution in [-0.2, 0) is 4.79 Å². The third kappa shape index (κ3) is 3.33. The fourth-order valence-electron chi connectivity index (χ4n) is 2.46. The standard InChI is InChI=1S/C15H21BrN2O2/c1-3-8-17-13-5-4-9-18(15(13)19)11-6-7-14(20-2)12(16)10-11/h6-7,10,13,17H,3-5,8-9H2,1-2H3. The fraction of sp³-hybridized carbons (Fsp3) is 0.533. The zero-order chi connectivity index (χ0) is 14.5. The fourth-order valence-corrected chi connectivity index (χ4v) is 2.99. The van der Waals surface area contributed by atoms with E-state index < -0.39 is 0 Å². The van der Waals surface area contributed by atoms with Gasteiger partial charge in [-0.1, -0.05) is 6.92 Å². The highest BCUT2D eigenvalue weighted by Crippen LogP contribution is 2.31. The van der Waals surface area contributed by atoms with Crippen LogP contribution in [0.3, 0.4) is 0 Å². The number of benzene rings is 1. The lowest BCUT2D eigenvalue weighted by Crippen LogP contribution is -2.51. The largest absolute Gasteiger partial charge is 0.496 e. The van der Waals surface area contributed by atoms with Crippen molar-refractivity contribution in [1.82, 2.24) is 5.32 Å². The van der Waals surface area contributed by atoms with E-state index in [2.05, 4.69) is 28.2 Å². The molecule has 0 saturated carbocycles. The van der Waals surface area contributed by atoms with Gasteiger partial charge in [-0.25, -0.2) is 0 Å². The van der Waals surface area contributed by atoms with E-state index in [1.807, 2.05) is 23.1 Å². The SMILES string of the molecule is CCCNC1CCCN(c2ccc(OC)c(Br)c2)C1=O. The Labute approximate surface area is 128 Å². The van der Waals surface area contributed by atoms with Crippen LogP contribution in [0.15, 0.2) is 22.7 Å². The summed E-state index contributed by atoms with van der Waals surface area (Å²) in [6, 6.07) is 5.71. The zero-order valence-corrected chi connectivity index (χ0v) is 13.6. The van der Waals surface area contributed by atoms with Gasteiger partial charge in [0.05, 0.1) is 17.6 Å². The lowest BCUT2D eigenvalue weighted by molar-refractivity contribution is -0.121. The predicted octanol–water partition coefficient (Wildman–Crippen LogP) is 2.95.